The summed E-state index contributed by atoms with van der Waals surface area (Å²) in [4.78, 5) is 23.9. The molecule has 84 valence electrons. The fourth-order valence-electron chi connectivity index (χ4n) is 1.05. The minimum absolute atomic E-state index is 0.103. The fourth-order valence-corrected chi connectivity index (χ4v) is 1.05. The highest BCUT2D eigenvalue weighted by Crippen LogP contribution is 2.14. The van der Waals surface area contributed by atoms with Crippen molar-refractivity contribution in [3.8, 4) is 0 Å². The molecule has 0 aromatic heterocycles. The molecule has 0 aliphatic carbocycles. The van der Waals surface area contributed by atoms with Gasteiger partial charge in [0.2, 0.25) is 0 Å². The highest BCUT2D eigenvalue weighted by molar-refractivity contribution is 5.86. The number of nitrogens with one attached hydrogen (secondary N) is 1. The number of urea groups is 1. The van der Waals surface area contributed by atoms with E-state index in [4.69, 9.17) is 4.74 Å². The van der Waals surface area contributed by atoms with E-state index < -0.39 is 5.97 Å². The van der Waals surface area contributed by atoms with Crippen LogP contribution in [0.15, 0.2) is 12.2 Å². The van der Waals surface area contributed by atoms with Crippen molar-refractivity contribution in [1.82, 2.24) is 10.2 Å². The maximum Gasteiger partial charge on any atom is 0.333 e. The number of rotatable bonds is 4. The Balaban J connectivity index is 2.04. The Kier molecular flexibility index (Phi) is 3.71. The summed E-state index contributed by atoms with van der Waals surface area (Å²) in [7, 11) is 0. The zero-order valence-corrected chi connectivity index (χ0v) is 9.08. The number of carbonyl (C=O) groups excluding carboxylic acids is 2. The van der Waals surface area contributed by atoms with Crippen LogP contribution in [0, 0.1) is 0 Å². The molecule has 0 aromatic rings. The lowest BCUT2D eigenvalue weighted by atomic mass is 10.4. The van der Waals surface area contributed by atoms with E-state index in [2.05, 4.69) is 11.9 Å². The monoisotopic (exact) mass is 212 g/mol. The van der Waals surface area contributed by atoms with Crippen LogP contribution in [0.25, 0.3) is 0 Å². The van der Waals surface area contributed by atoms with E-state index in [0.717, 1.165) is 6.54 Å². The van der Waals surface area contributed by atoms with E-state index in [1.807, 2.05) is 6.92 Å². The molecule has 2 amide bonds. The lowest BCUT2D eigenvalue weighted by molar-refractivity contribution is -0.138. The van der Waals surface area contributed by atoms with Crippen molar-refractivity contribution in [3.63, 3.8) is 0 Å². The number of nitrogens with zero attached hydrogens (tertiary/aromatic N) is 1. The van der Waals surface area contributed by atoms with Crippen LogP contribution in [0.1, 0.15) is 13.8 Å². The highest BCUT2D eigenvalue weighted by Gasteiger charge is 2.33. The summed E-state index contributed by atoms with van der Waals surface area (Å²) in [5, 5.41) is 2.65. The molecule has 1 saturated heterocycles. The van der Waals surface area contributed by atoms with Gasteiger partial charge >= 0.3 is 12.0 Å². The second-order valence-corrected chi connectivity index (χ2v) is 3.65. The Morgan fingerprint density at radius 2 is 2.20 bits per heavy atom. The Labute approximate surface area is 89.1 Å². The van der Waals surface area contributed by atoms with Crippen molar-refractivity contribution in [2.75, 3.05) is 19.7 Å². The largest absolute Gasteiger partial charge is 0.460 e. The van der Waals surface area contributed by atoms with Crippen molar-refractivity contribution in [3.05, 3.63) is 12.2 Å². The SMILES string of the molecule is C=C(C)C(=O)OCCNC(=O)N1C[C@H]1C. The molecular weight excluding hydrogens is 196 g/mol. The van der Waals surface area contributed by atoms with E-state index in [9.17, 15) is 9.59 Å². The third-order valence-corrected chi connectivity index (χ3v) is 2.08. The van der Waals surface area contributed by atoms with Gasteiger partial charge in [0.15, 0.2) is 0 Å². The van der Waals surface area contributed by atoms with E-state index in [-0.39, 0.29) is 12.6 Å². The second-order valence-electron chi connectivity index (χ2n) is 3.65. The van der Waals surface area contributed by atoms with Gasteiger partial charge in [-0.1, -0.05) is 6.58 Å². The van der Waals surface area contributed by atoms with Gasteiger partial charge in [-0.05, 0) is 13.8 Å². The molecule has 0 bridgehead atoms. The minimum Gasteiger partial charge on any atom is -0.460 e. The van der Waals surface area contributed by atoms with Gasteiger partial charge in [0.05, 0.1) is 6.54 Å². The van der Waals surface area contributed by atoms with Gasteiger partial charge in [-0.3, -0.25) is 0 Å². The molecule has 0 unspecified atom stereocenters. The molecule has 0 saturated carbocycles. The van der Waals surface area contributed by atoms with Gasteiger partial charge < -0.3 is 15.0 Å². The maximum atomic E-state index is 11.3. The zero-order chi connectivity index (χ0) is 11.4. The molecule has 0 spiro atoms. The van der Waals surface area contributed by atoms with Crippen molar-refractivity contribution in [2.24, 2.45) is 0 Å². The summed E-state index contributed by atoms with van der Waals surface area (Å²) in [5.41, 5.74) is 0.362. The standard InChI is InChI=1S/C10H16N2O3/c1-7(2)9(13)15-5-4-11-10(14)12-6-8(12)3/h8H,1,4-6H2,2-3H3,(H,11,14)/t8-,12?/m1/s1. The quantitative estimate of drug-likeness (QED) is 0.320. The van der Waals surface area contributed by atoms with Crippen LogP contribution in [0.4, 0.5) is 4.79 Å². The summed E-state index contributed by atoms with van der Waals surface area (Å²) in [5.74, 6) is -0.427. The molecule has 1 aliphatic rings. The number of carbonyl (C=O) groups is 2. The summed E-state index contributed by atoms with van der Waals surface area (Å²) in [6, 6.07) is 0.233. The number of ether oxygens (including phenoxy) is 1. The smallest absolute Gasteiger partial charge is 0.333 e. The average molecular weight is 212 g/mol. The number of hydrogen-bond acceptors (Lipinski definition) is 3. The Hall–Kier alpha value is -1.52. The van der Waals surface area contributed by atoms with Gasteiger partial charge in [0, 0.05) is 18.2 Å². The van der Waals surface area contributed by atoms with Crippen LogP contribution in [-0.2, 0) is 9.53 Å². The first-order chi connectivity index (χ1) is 7.02. The third kappa shape index (κ3) is 3.61. The first kappa shape index (κ1) is 11.6. The zero-order valence-electron chi connectivity index (χ0n) is 9.08. The van der Waals surface area contributed by atoms with Gasteiger partial charge in [0.1, 0.15) is 6.61 Å². The summed E-state index contributed by atoms with van der Waals surface area (Å²) in [6.07, 6.45) is 0. The van der Waals surface area contributed by atoms with Crippen LogP contribution >= 0.6 is 0 Å². The molecule has 0 aromatic carbocycles. The molecule has 5 nitrogen and oxygen atoms in total. The number of hydrogen-bond donors (Lipinski definition) is 1. The molecular formula is C10H16N2O3. The molecule has 1 heterocycles. The molecule has 15 heavy (non-hydrogen) atoms. The van der Waals surface area contributed by atoms with E-state index in [1.165, 1.54) is 0 Å². The summed E-state index contributed by atoms with van der Waals surface area (Å²) in [6.45, 7) is 8.32. The predicted molar refractivity (Wildman–Crippen MR) is 55.3 cm³/mol. The first-order valence-electron chi connectivity index (χ1n) is 4.89. The minimum atomic E-state index is -0.427. The maximum absolute atomic E-state index is 11.3. The molecule has 5 heteroatoms. The van der Waals surface area contributed by atoms with Gasteiger partial charge in [-0.25, -0.2) is 9.59 Å². The summed E-state index contributed by atoms with van der Waals surface area (Å²) >= 11 is 0. The normalized spacial score (nSPS) is 18.3. The van der Waals surface area contributed by atoms with Crippen LogP contribution < -0.4 is 5.32 Å². The van der Waals surface area contributed by atoms with Gasteiger partial charge in [-0.15, -0.1) is 0 Å². The summed E-state index contributed by atoms with van der Waals surface area (Å²) < 4.78 is 4.81. The van der Waals surface area contributed by atoms with Crippen molar-refractivity contribution in [1.29, 1.82) is 0 Å². The molecule has 1 atom stereocenters. The Morgan fingerprint density at radius 1 is 1.60 bits per heavy atom. The van der Waals surface area contributed by atoms with Crippen LogP contribution in [-0.4, -0.2) is 42.6 Å². The van der Waals surface area contributed by atoms with E-state index in [0.29, 0.717) is 18.2 Å². The first-order valence-corrected chi connectivity index (χ1v) is 4.89. The molecule has 1 N–H and O–H groups in total. The van der Waals surface area contributed by atoms with E-state index in [1.54, 1.807) is 11.8 Å². The highest BCUT2D eigenvalue weighted by atomic mass is 16.5. The second kappa shape index (κ2) is 4.82. The predicted octanol–water partition coefficient (Wildman–Crippen LogP) is 0.519. The fraction of sp³-hybridized carbons (Fsp3) is 0.600. The Bertz CT molecular complexity index is 288. The molecule has 1 rings (SSSR count). The molecule has 0 radical (unpaired) electrons. The lowest BCUT2D eigenvalue weighted by Crippen LogP contribution is -2.32. The molecule has 1 aliphatic heterocycles. The molecule has 1 fully saturated rings. The lowest BCUT2D eigenvalue weighted by Gasteiger charge is -2.07. The number of esters is 1. The topological polar surface area (TPSA) is 58.4 Å². The van der Waals surface area contributed by atoms with Gasteiger partial charge in [0.25, 0.3) is 0 Å². The van der Waals surface area contributed by atoms with Crippen molar-refractivity contribution >= 4 is 12.0 Å². The van der Waals surface area contributed by atoms with Crippen LogP contribution in [0.5, 0.6) is 0 Å². The Morgan fingerprint density at radius 3 is 2.67 bits per heavy atom. The van der Waals surface area contributed by atoms with Gasteiger partial charge in [-0.2, -0.15) is 0 Å². The third-order valence-electron chi connectivity index (χ3n) is 2.08. The van der Waals surface area contributed by atoms with Crippen LogP contribution in [0.2, 0.25) is 0 Å². The number of amides is 2. The average Bonchev–Trinajstić information content (AvgIpc) is 2.89. The van der Waals surface area contributed by atoms with Crippen molar-refractivity contribution < 1.29 is 14.3 Å². The van der Waals surface area contributed by atoms with Crippen LogP contribution in [0.3, 0.4) is 0 Å². The van der Waals surface area contributed by atoms with E-state index >= 15 is 0 Å². The van der Waals surface area contributed by atoms with Crippen molar-refractivity contribution in [2.45, 2.75) is 19.9 Å².